The summed E-state index contributed by atoms with van der Waals surface area (Å²) in [5, 5.41) is 13.4. The summed E-state index contributed by atoms with van der Waals surface area (Å²) in [5.41, 5.74) is -0.244. The fourth-order valence-electron chi connectivity index (χ4n) is 2.74. The number of halogens is 4. The zero-order valence-electron chi connectivity index (χ0n) is 16.7. The number of thioether (sulfide) groups is 1. The zero-order valence-corrected chi connectivity index (χ0v) is 19.1. The molecule has 0 radical (unpaired) electrons. The van der Waals surface area contributed by atoms with Crippen molar-refractivity contribution in [3.8, 4) is 0 Å². The average molecular weight is 528 g/mol. The number of aromatic nitrogens is 3. The number of carbonyl (C=O) groups excluding carboxylic acids is 2. The Bertz CT molecular complexity index is 1140. The number of nitrogens with one attached hydrogen (secondary N) is 2. The predicted octanol–water partition coefficient (Wildman–Crippen LogP) is 4.14. The molecule has 1 aromatic heterocycles. The summed E-state index contributed by atoms with van der Waals surface area (Å²) < 4.78 is 42.6. The molecular formula is C20H17BrF3N5O2S. The molecule has 0 saturated heterocycles. The lowest BCUT2D eigenvalue weighted by molar-refractivity contribution is -0.113. The highest BCUT2D eigenvalue weighted by Crippen LogP contribution is 2.27. The molecule has 1 heterocycles. The Morgan fingerprint density at radius 1 is 1.12 bits per heavy atom. The van der Waals surface area contributed by atoms with E-state index in [1.54, 1.807) is 10.6 Å². The Labute approximate surface area is 193 Å². The predicted molar refractivity (Wildman–Crippen MR) is 117 cm³/mol. The zero-order chi connectivity index (χ0) is 23.3. The van der Waals surface area contributed by atoms with Gasteiger partial charge in [0.05, 0.1) is 23.5 Å². The van der Waals surface area contributed by atoms with E-state index in [4.69, 9.17) is 0 Å². The fraction of sp³-hybridized carbons (Fsp3) is 0.200. The summed E-state index contributed by atoms with van der Waals surface area (Å²) in [6, 6.07) is 7.33. The van der Waals surface area contributed by atoms with Crippen LogP contribution in [0.3, 0.4) is 0 Å². The Morgan fingerprint density at radius 2 is 1.88 bits per heavy atom. The highest BCUT2D eigenvalue weighted by molar-refractivity contribution is 9.10. The maximum absolute atomic E-state index is 13.9. The maximum atomic E-state index is 13.9. The van der Waals surface area contributed by atoms with Crippen molar-refractivity contribution in [2.45, 2.75) is 25.2 Å². The summed E-state index contributed by atoms with van der Waals surface area (Å²) >= 11 is 4.07. The third-order valence-electron chi connectivity index (χ3n) is 4.24. The van der Waals surface area contributed by atoms with Gasteiger partial charge >= 0.3 is 0 Å². The second kappa shape index (κ2) is 10.6. The van der Waals surface area contributed by atoms with Gasteiger partial charge in [0.2, 0.25) is 5.91 Å². The molecule has 0 aliphatic rings. The molecule has 0 unspecified atom stereocenters. The highest BCUT2D eigenvalue weighted by atomic mass is 79.9. The largest absolute Gasteiger partial charge is 0.345 e. The van der Waals surface area contributed by atoms with Gasteiger partial charge in [-0.05, 0) is 41.1 Å². The molecule has 0 aliphatic heterocycles. The first-order valence-corrected chi connectivity index (χ1v) is 11.1. The third kappa shape index (κ3) is 5.68. The van der Waals surface area contributed by atoms with Crippen molar-refractivity contribution >= 4 is 45.2 Å². The van der Waals surface area contributed by atoms with Gasteiger partial charge < -0.3 is 15.2 Å². The van der Waals surface area contributed by atoms with Gasteiger partial charge in [0, 0.05) is 17.1 Å². The van der Waals surface area contributed by atoms with Crippen molar-refractivity contribution in [1.29, 1.82) is 0 Å². The van der Waals surface area contributed by atoms with E-state index in [9.17, 15) is 22.8 Å². The molecule has 3 aromatic rings. The lowest BCUT2D eigenvalue weighted by atomic mass is 10.2. The van der Waals surface area contributed by atoms with E-state index in [-0.39, 0.29) is 28.0 Å². The van der Waals surface area contributed by atoms with E-state index in [2.05, 4.69) is 36.8 Å². The SMILES string of the molecule is CCn1c(CNC(=O)c2ccccc2F)nnc1SCC(=O)Nc1c(F)cc(F)cc1Br. The smallest absolute Gasteiger partial charge is 0.254 e. The number of anilines is 1. The molecule has 2 aromatic carbocycles. The number of hydrogen-bond acceptors (Lipinski definition) is 5. The quantitative estimate of drug-likeness (QED) is 0.430. The minimum Gasteiger partial charge on any atom is -0.345 e. The summed E-state index contributed by atoms with van der Waals surface area (Å²) in [5.74, 6) is -3.10. The Hall–Kier alpha value is -2.86. The molecule has 0 spiro atoms. The van der Waals surface area contributed by atoms with Crippen LogP contribution in [0.4, 0.5) is 18.9 Å². The number of hydrogen-bond donors (Lipinski definition) is 2. The van der Waals surface area contributed by atoms with E-state index >= 15 is 0 Å². The van der Waals surface area contributed by atoms with Crippen molar-refractivity contribution in [3.05, 3.63) is 69.7 Å². The van der Waals surface area contributed by atoms with Crippen molar-refractivity contribution < 1.29 is 22.8 Å². The molecule has 0 fully saturated rings. The normalized spacial score (nSPS) is 10.8. The van der Waals surface area contributed by atoms with E-state index in [0.717, 1.165) is 17.8 Å². The van der Waals surface area contributed by atoms with Crippen LogP contribution in [0.1, 0.15) is 23.1 Å². The molecule has 32 heavy (non-hydrogen) atoms. The van der Waals surface area contributed by atoms with Gasteiger partial charge in [0.15, 0.2) is 16.8 Å². The topological polar surface area (TPSA) is 88.9 Å². The average Bonchev–Trinajstić information content (AvgIpc) is 3.15. The third-order valence-corrected chi connectivity index (χ3v) is 5.83. The summed E-state index contributed by atoms with van der Waals surface area (Å²) in [6.45, 7) is 2.30. The number of amides is 2. The van der Waals surface area contributed by atoms with Crippen molar-refractivity contribution in [2.75, 3.05) is 11.1 Å². The first-order chi connectivity index (χ1) is 15.3. The van der Waals surface area contributed by atoms with Gasteiger partial charge in [-0.15, -0.1) is 10.2 Å². The molecule has 0 saturated carbocycles. The van der Waals surface area contributed by atoms with Crippen LogP contribution in [-0.4, -0.2) is 32.3 Å². The lowest BCUT2D eigenvalue weighted by Gasteiger charge is -2.10. The fourth-order valence-corrected chi connectivity index (χ4v) is 4.07. The maximum Gasteiger partial charge on any atom is 0.254 e. The van der Waals surface area contributed by atoms with Gasteiger partial charge in [-0.3, -0.25) is 9.59 Å². The number of benzene rings is 2. The molecule has 7 nitrogen and oxygen atoms in total. The molecule has 12 heteroatoms. The van der Waals surface area contributed by atoms with Crippen molar-refractivity contribution in [3.63, 3.8) is 0 Å². The van der Waals surface area contributed by atoms with Crippen LogP contribution in [0.5, 0.6) is 0 Å². The van der Waals surface area contributed by atoms with Crippen LogP contribution in [0.15, 0.2) is 46.0 Å². The van der Waals surface area contributed by atoms with Gasteiger partial charge in [0.25, 0.3) is 5.91 Å². The van der Waals surface area contributed by atoms with Crippen LogP contribution in [0.25, 0.3) is 0 Å². The van der Waals surface area contributed by atoms with E-state index < -0.39 is 29.3 Å². The number of nitrogens with zero attached hydrogens (tertiary/aromatic N) is 3. The molecule has 2 N–H and O–H groups in total. The molecule has 0 aliphatic carbocycles. The molecule has 2 amide bonds. The lowest BCUT2D eigenvalue weighted by Crippen LogP contribution is -2.25. The first kappa shape index (κ1) is 23.8. The minimum atomic E-state index is -0.903. The molecule has 3 rings (SSSR count). The Kier molecular flexibility index (Phi) is 7.91. The molecule has 168 valence electrons. The molecular weight excluding hydrogens is 511 g/mol. The van der Waals surface area contributed by atoms with Crippen molar-refractivity contribution in [2.24, 2.45) is 0 Å². The Morgan fingerprint density at radius 3 is 2.56 bits per heavy atom. The van der Waals surface area contributed by atoms with Gasteiger partial charge in [0.1, 0.15) is 11.6 Å². The van der Waals surface area contributed by atoms with Crippen LogP contribution in [0, 0.1) is 17.5 Å². The van der Waals surface area contributed by atoms with Crippen LogP contribution >= 0.6 is 27.7 Å². The second-order valence-electron chi connectivity index (χ2n) is 6.39. The van der Waals surface area contributed by atoms with Crippen molar-refractivity contribution in [1.82, 2.24) is 20.1 Å². The summed E-state index contributed by atoms with van der Waals surface area (Å²) in [6.07, 6.45) is 0. The number of carbonyl (C=O) groups is 2. The minimum absolute atomic E-state index is 0.00843. The van der Waals surface area contributed by atoms with Crippen LogP contribution in [-0.2, 0) is 17.9 Å². The van der Waals surface area contributed by atoms with Crippen LogP contribution < -0.4 is 10.6 Å². The van der Waals surface area contributed by atoms with Gasteiger partial charge in [-0.1, -0.05) is 23.9 Å². The molecule has 0 atom stereocenters. The molecule has 0 bridgehead atoms. The summed E-state index contributed by atoms with van der Waals surface area (Å²) in [7, 11) is 0. The number of rotatable bonds is 8. The Balaban J connectivity index is 1.61. The monoisotopic (exact) mass is 527 g/mol. The highest BCUT2D eigenvalue weighted by Gasteiger charge is 2.17. The van der Waals surface area contributed by atoms with E-state index in [0.29, 0.717) is 23.6 Å². The standard InChI is InChI=1S/C20H17BrF3N5O2S/c1-2-29-16(9-25-19(31)12-5-3-4-6-14(12)23)27-28-20(29)32-10-17(30)26-18-13(21)7-11(22)8-15(18)24/h3-8H,2,9-10H2,1H3,(H,25,31)(H,26,30). The van der Waals surface area contributed by atoms with Gasteiger partial charge in [-0.25, -0.2) is 13.2 Å². The van der Waals surface area contributed by atoms with Crippen LogP contribution in [0.2, 0.25) is 0 Å². The summed E-state index contributed by atoms with van der Waals surface area (Å²) in [4.78, 5) is 24.4. The second-order valence-corrected chi connectivity index (χ2v) is 8.18. The van der Waals surface area contributed by atoms with E-state index in [1.807, 2.05) is 6.92 Å². The first-order valence-electron chi connectivity index (χ1n) is 9.32. The van der Waals surface area contributed by atoms with E-state index in [1.165, 1.54) is 18.2 Å². The van der Waals surface area contributed by atoms with Gasteiger partial charge in [-0.2, -0.15) is 0 Å².